The first kappa shape index (κ1) is 13.3. The number of hydrogen-bond acceptors (Lipinski definition) is 4. The van der Waals surface area contributed by atoms with E-state index in [0.29, 0.717) is 5.69 Å². The molecule has 18 heavy (non-hydrogen) atoms. The van der Waals surface area contributed by atoms with Crippen molar-refractivity contribution >= 4 is 15.7 Å². The van der Waals surface area contributed by atoms with Crippen molar-refractivity contribution in [1.29, 1.82) is 0 Å². The lowest BCUT2D eigenvalue weighted by molar-refractivity contribution is 0.411. The van der Waals surface area contributed by atoms with Gasteiger partial charge in [-0.25, -0.2) is 18.1 Å². The molecule has 0 aromatic carbocycles. The Kier molecular flexibility index (Phi) is 4.19. The Morgan fingerprint density at radius 2 is 2.00 bits per heavy atom. The number of nitrogens with one attached hydrogen (secondary N) is 2. The molecular weight excluding hydrogens is 250 g/mol. The molecule has 5 nitrogen and oxygen atoms in total. The number of nitrogens with zero attached hydrogens (tertiary/aromatic N) is 1. The van der Waals surface area contributed by atoms with Gasteiger partial charge in [0.05, 0.1) is 5.69 Å². The van der Waals surface area contributed by atoms with Crippen molar-refractivity contribution in [2.45, 2.75) is 43.2 Å². The zero-order valence-electron chi connectivity index (χ0n) is 10.5. The van der Waals surface area contributed by atoms with Crippen LogP contribution in [0.1, 0.15) is 32.1 Å². The fourth-order valence-electron chi connectivity index (χ4n) is 2.29. The highest BCUT2D eigenvalue weighted by Crippen LogP contribution is 2.22. The van der Waals surface area contributed by atoms with Crippen LogP contribution >= 0.6 is 0 Å². The smallest absolute Gasteiger partial charge is 0.260 e. The highest BCUT2D eigenvalue weighted by atomic mass is 32.2. The van der Waals surface area contributed by atoms with Gasteiger partial charge in [-0.05, 0) is 25.0 Å². The van der Waals surface area contributed by atoms with E-state index in [1.165, 1.54) is 12.6 Å². The van der Waals surface area contributed by atoms with Crippen molar-refractivity contribution in [3.05, 3.63) is 18.3 Å². The summed E-state index contributed by atoms with van der Waals surface area (Å²) in [6, 6.07) is 3.48. The minimum atomic E-state index is -3.53. The molecule has 0 spiro atoms. The van der Waals surface area contributed by atoms with E-state index in [9.17, 15) is 8.42 Å². The minimum Gasteiger partial charge on any atom is -0.386 e. The third kappa shape index (κ3) is 3.00. The first-order valence-corrected chi connectivity index (χ1v) is 7.77. The standard InChI is InChI=1S/C12H19N3O2S/c1-13-11-8-5-9-14-12(11)18(16,17)15-10-6-3-2-4-7-10/h5,8-10,13,15H,2-4,6-7H2,1H3. The second kappa shape index (κ2) is 5.67. The van der Waals surface area contributed by atoms with Crippen molar-refractivity contribution in [2.24, 2.45) is 0 Å². The van der Waals surface area contributed by atoms with Crippen LogP contribution in [0.4, 0.5) is 5.69 Å². The van der Waals surface area contributed by atoms with E-state index in [2.05, 4.69) is 15.0 Å². The molecule has 1 aromatic heterocycles. The van der Waals surface area contributed by atoms with Gasteiger partial charge < -0.3 is 5.32 Å². The molecule has 1 aromatic rings. The summed E-state index contributed by atoms with van der Waals surface area (Å²) in [7, 11) is -1.84. The molecule has 1 aliphatic carbocycles. The van der Waals surface area contributed by atoms with Gasteiger partial charge in [0.2, 0.25) is 0 Å². The van der Waals surface area contributed by atoms with Crippen molar-refractivity contribution in [3.63, 3.8) is 0 Å². The summed E-state index contributed by atoms with van der Waals surface area (Å²) in [6.07, 6.45) is 6.71. The van der Waals surface area contributed by atoms with E-state index < -0.39 is 10.0 Å². The van der Waals surface area contributed by atoms with Crippen molar-refractivity contribution < 1.29 is 8.42 Å². The number of sulfonamides is 1. The van der Waals surface area contributed by atoms with Crippen LogP contribution in [0.3, 0.4) is 0 Å². The van der Waals surface area contributed by atoms with Crippen molar-refractivity contribution in [3.8, 4) is 0 Å². The van der Waals surface area contributed by atoms with Crippen LogP contribution in [0.25, 0.3) is 0 Å². The lowest BCUT2D eigenvalue weighted by atomic mass is 9.96. The fraction of sp³-hybridized carbons (Fsp3) is 0.583. The van der Waals surface area contributed by atoms with Gasteiger partial charge in [-0.3, -0.25) is 0 Å². The average molecular weight is 269 g/mol. The maximum Gasteiger partial charge on any atom is 0.260 e. The molecule has 0 atom stereocenters. The Hall–Kier alpha value is -1.14. The van der Waals surface area contributed by atoms with Crippen molar-refractivity contribution in [2.75, 3.05) is 12.4 Å². The van der Waals surface area contributed by atoms with Gasteiger partial charge in [-0.1, -0.05) is 19.3 Å². The summed E-state index contributed by atoms with van der Waals surface area (Å²) in [5.41, 5.74) is 0.529. The van der Waals surface area contributed by atoms with E-state index in [4.69, 9.17) is 0 Å². The van der Waals surface area contributed by atoms with E-state index in [-0.39, 0.29) is 11.1 Å². The summed E-state index contributed by atoms with van der Waals surface area (Å²) in [4.78, 5) is 3.97. The van der Waals surface area contributed by atoms with Crippen LogP contribution in [0.15, 0.2) is 23.4 Å². The van der Waals surface area contributed by atoms with Crippen LogP contribution in [0.5, 0.6) is 0 Å². The molecule has 0 saturated heterocycles. The second-order valence-electron chi connectivity index (χ2n) is 4.56. The molecule has 2 N–H and O–H groups in total. The predicted molar refractivity (Wildman–Crippen MR) is 71.0 cm³/mol. The van der Waals surface area contributed by atoms with Crippen LogP contribution in [0, 0.1) is 0 Å². The van der Waals surface area contributed by atoms with Gasteiger partial charge >= 0.3 is 0 Å². The first-order valence-electron chi connectivity index (χ1n) is 6.28. The Balaban J connectivity index is 2.19. The van der Waals surface area contributed by atoms with Crippen LogP contribution in [-0.4, -0.2) is 26.5 Å². The highest BCUT2D eigenvalue weighted by Gasteiger charge is 2.24. The Morgan fingerprint density at radius 3 is 2.67 bits per heavy atom. The predicted octanol–water partition coefficient (Wildman–Crippen LogP) is 1.73. The van der Waals surface area contributed by atoms with Gasteiger partial charge in [-0.2, -0.15) is 0 Å². The monoisotopic (exact) mass is 269 g/mol. The third-order valence-electron chi connectivity index (χ3n) is 3.22. The first-order chi connectivity index (χ1) is 8.63. The van der Waals surface area contributed by atoms with Crippen LogP contribution < -0.4 is 10.0 Å². The summed E-state index contributed by atoms with van der Waals surface area (Å²) >= 11 is 0. The lowest BCUT2D eigenvalue weighted by Crippen LogP contribution is -2.36. The number of anilines is 1. The zero-order valence-corrected chi connectivity index (χ0v) is 11.3. The average Bonchev–Trinajstić information content (AvgIpc) is 2.39. The molecule has 1 aliphatic rings. The normalized spacial score (nSPS) is 17.6. The Bertz CT molecular complexity index is 496. The maximum absolute atomic E-state index is 12.3. The van der Waals surface area contributed by atoms with E-state index in [1.54, 1.807) is 19.2 Å². The Labute approximate surface area is 108 Å². The molecule has 1 heterocycles. The topological polar surface area (TPSA) is 71.1 Å². The molecule has 0 bridgehead atoms. The second-order valence-corrected chi connectivity index (χ2v) is 6.19. The molecule has 1 fully saturated rings. The van der Waals surface area contributed by atoms with Crippen LogP contribution in [-0.2, 0) is 10.0 Å². The molecule has 1 saturated carbocycles. The molecular formula is C12H19N3O2S. The van der Waals surface area contributed by atoms with Gasteiger partial charge in [0.1, 0.15) is 0 Å². The fourth-order valence-corrected chi connectivity index (χ4v) is 3.74. The molecule has 0 amide bonds. The minimum absolute atomic E-state index is 0.0514. The Morgan fingerprint density at radius 1 is 1.28 bits per heavy atom. The summed E-state index contributed by atoms with van der Waals surface area (Å²) in [5, 5.41) is 2.94. The van der Waals surface area contributed by atoms with E-state index in [1.807, 2.05) is 0 Å². The summed E-state index contributed by atoms with van der Waals surface area (Å²) in [6.45, 7) is 0. The summed E-state index contributed by atoms with van der Waals surface area (Å²) in [5.74, 6) is 0. The van der Waals surface area contributed by atoms with E-state index >= 15 is 0 Å². The quantitative estimate of drug-likeness (QED) is 0.873. The summed E-state index contributed by atoms with van der Waals surface area (Å²) < 4.78 is 27.3. The number of rotatable bonds is 4. The molecule has 0 unspecified atom stereocenters. The zero-order chi connectivity index (χ0) is 13.0. The largest absolute Gasteiger partial charge is 0.386 e. The molecule has 6 heteroatoms. The maximum atomic E-state index is 12.3. The SMILES string of the molecule is CNc1cccnc1S(=O)(=O)NC1CCCCC1. The molecule has 2 rings (SSSR count). The third-order valence-corrected chi connectivity index (χ3v) is 4.70. The van der Waals surface area contributed by atoms with Gasteiger partial charge in [0.15, 0.2) is 5.03 Å². The van der Waals surface area contributed by atoms with Crippen molar-refractivity contribution in [1.82, 2.24) is 9.71 Å². The van der Waals surface area contributed by atoms with Gasteiger partial charge in [0, 0.05) is 19.3 Å². The lowest BCUT2D eigenvalue weighted by Gasteiger charge is -2.22. The van der Waals surface area contributed by atoms with Crippen LogP contribution in [0.2, 0.25) is 0 Å². The van der Waals surface area contributed by atoms with Gasteiger partial charge in [-0.15, -0.1) is 0 Å². The molecule has 100 valence electrons. The molecule has 0 aliphatic heterocycles. The number of aromatic nitrogens is 1. The van der Waals surface area contributed by atoms with Gasteiger partial charge in [0.25, 0.3) is 10.0 Å². The van der Waals surface area contributed by atoms with E-state index in [0.717, 1.165) is 25.7 Å². The highest BCUT2D eigenvalue weighted by molar-refractivity contribution is 7.89. The number of hydrogen-bond donors (Lipinski definition) is 2. The molecule has 0 radical (unpaired) electrons. The number of pyridine rings is 1.